The Kier molecular flexibility index (Phi) is 8.09. The minimum absolute atomic E-state index is 0.0151. The normalized spacial score (nSPS) is 10.8. The standard InChI is InChI=1S/C18H28N2O4/c1-5-23-14-8-6-7-9-15(14)24-13-17(22)20-11-10-19-16(21)12-18(2,3)4/h6-9H,5,10-13H2,1-4H3,(H,19,21)(H,20,22). The lowest BCUT2D eigenvalue weighted by atomic mass is 9.92. The first kappa shape index (κ1) is 19.8. The van der Waals surface area contributed by atoms with Gasteiger partial charge in [-0.1, -0.05) is 32.9 Å². The van der Waals surface area contributed by atoms with Gasteiger partial charge in [-0.3, -0.25) is 9.59 Å². The van der Waals surface area contributed by atoms with Crippen molar-refractivity contribution < 1.29 is 19.1 Å². The zero-order valence-corrected chi connectivity index (χ0v) is 15.0. The smallest absolute Gasteiger partial charge is 0.258 e. The zero-order valence-electron chi connectivity index (χ0n) is 15.0. The molecule has 1 aromatic carbocycles. The van der Waals surface area contributed by atoms with E-state index in [1.807, 2.05) is 39.8 Å². The van der Waals surface area contributed by atoms with Crippen molar-refractivity contribution >= 4 is 11.8 Å². The SMILES string of the molecule is CCOc1ccccc1OCC(=O)NCCNC(=O)CC(C)(C)C. The van der Waals surface area contributed by atoms with Crippen LogP contribution in [0.2, 0.25) is 0 Å². The molecule has 0 unspecified atom stereocenters. The third-order valence-corrected chi connectivity index (χ3v) is 2.97. The number of hydrogen-bond acceptors (Lipinski definition) is 4. The summed E-state index contributed by atoms with van der Waals surface area (Å²) in [5.74, 6) is 0.889. The highest BCUT2D eigenvalue weighted by Gasteiger charge is 2.15. The van der Waals surface area contributed by atoms with E-state index in [1.54, 1.807) is 12.1 Å². The van der Waals surface area contributed by atoms with Gasteiger partial charge in [-0.05, 0) is 24.5 Å². The minimum atomic E-state index is -0.244. The maximum atomic E-state index is 11.8. The quantitative estimate of drug-likeness (QED) is 0.677. The molecule has 134 valence electrons. The number of carbonyl (C=O) groups excluding carboxylic acids is 2. The topological polar surface area (TPSA) is 76.7 Å². The number of hydrogen-bond donors (Lipinski definition) is 2. The number of carbonyl (C=O) groups is 2. The van der Waals surface area contributed by atoms with Gasteiger partial charge in [0.2, 0.25) is 5.91 Å². The van der Waals surface area contributed by atoms with Crippen molar-refractivity contribution in [3.8, 4) is 11.5 Å². The first-order valence-corrected chi connectivity index (χ1v) is 8.20. The third-order valence-electron chi connectivity index (χ3n) is 2.97. The van der Waals surface area contributed by atoms with Gasteiger partial charge in [0.05, 0.1) is 6.61 Å². The van der Waals surface area contributed by atoms with Crippen LogP contribution in [0.15, 0.2) is 24.3 Å². The summed E-state index contributed by atoms with van der Waals surface area (Å²) in [6.45, 7) is 9.10. The van der Waals surface area contributed by atoms with Crippen LogP contribution in [0.3, 0.4) is 0 Å². The fourth-order valence-corrected chi connectivity index (χ4v) is 1.99. The van der Waals surface area contributed by atoms with E-state index in [0.29, 0.717) is 37.6 Å². The van der Waals surface area contributed by atoms with Gasteiger partial charge in [-0.25, -0.2) is 0 Å². The lowest BCUT2D eigenvalue weighted by molar-refractivity contribution is -0.124. The molecule has 0 fully saturated rings. The predicted molar refractivity (Wildman–Crippen MR) is 93.2 cm³/mol. The van der Waals surface area contributed by atoms with Crippen molar-refractivity contribution in [1.29, 1.82) is 0 Å². The molecule has 0 aliphatic carbocycles. The molecule has 6 nitrogen and oxygen atoms in total. The van der Waals surface area contributed by atoms with Gasteiger partial charge < -0.3 is 20.1 Å². The molecule has 0 atom stereocenters. The van der Waals surface area contributed by atoms with Crippen molar-refractivity contribution in [1.82, 2.24) is 10.6 Å². The summed E-state index contributed by atoms with van der Waals surface area (Å²) < 4.78 is 10.9. The van der Waals surface area contributed by atoms with Crippen molar-refractivity contribution in [2.24, 2.45) is 5.41 Å². The van der Waals surface area contributed by atoms with Crippen molar-refractivity contribution in [2.45, 2.75) is 34.1 Å². The van der Waals surface area contributed by atoms with Crippen LogP contribution in [0.4, 0.5) is 0 Å². The Morgan fingerprint density at radius 3 is 2.04 bits per heavy atom. The second-order valence-electron chi connectivity index (χ2n) is 6.61. The van der Waals surface area contributed by atoms with E-state index in [0.717, 1.165) is 0 Å². The molecular weight excluding hydrogens is 308 g/mol. The fraction of sp³-hybridized carbons (Fsp3) is 0.556. The van der Waals surface area contributed by atoms with Gasteiger partial charge in [0, 0.05) is 19.5 Å². The summed E-state index contributed by atoms with van der Waals surface area (Å²) in [6, 6.07) is 7.21. The maximum absolute atomic E-state index is 11.8. The first-order valence-electron chi connectivity index (χ1n) is 8.20. The third kappa shape index (κ3) is 8.41. The molecule has 0 saturated heterocycles. The minimum Gasteiger partial charge on any atom is -0.490 e. The highest BCUT2D eigenvalue weighted by atomic mass is 16.5. The van der Waals surface area contributed by atoms with Crippen LogP contribution in [0.25, 0.3) is 0 Å². The second-order valence-corrected chi connectivity index (χ2v) is 6.61. The Morgan fingerprint density at radius 1 is 0.958 bits per heavy atom. The summed E-state index contributed by atoms with van der Waals surface area (Å²) in [4.78, 5) is 23.4. The highest BCUT2D eigenvalue weighted by molar-refractivity contribution is 5.78. The van der Waals surface area contributed by atoms with Crippen LogP contribution in [0, 0.1) is 5.41 Å². The number of ether oxygens (including phenoxy) is 2. The molecule has 0 heterocycles. The van der Waals surface area contributed by atoms with Gasteiger partial charge in [0.25, 0.3) is 5.91 Å². The molecule has 1 rings (SSSR count). The van der Waals surface area contributed by atoms with E-state index in [-0.39, 0.29) is 23.8 Å². The Morgan fingerprint density at radius 2 is 1.50 bits per heavy atom. The summed E-state index contributed by atoms with van der Waals surface area (Å²) in [5, 5.41) is 5.48. The van der Waals surface area contributed by atoms with E-state index < -0.39 is 0 Å². The monoisotopic (exact) mass is 336 g/mol. The number of nitrogens with one attached hydrogen (secondary N) is 2. The van der Waals surface area contributed by atoms with E-state index in [2.05, 4.69) is 10.6 Å². The molecule has 0 aliphatic heterocycles. The lowest BCUT2D eigenvalue weighted by Crippen LogP contribution is -2.37. The Labute approximate surface area is 143 Å². The van der Waals surface area contributed by atoms with E-state index in [1.165, 1.54) is 0 Å². The molecule has 0 aliphatic rings. The average Bonchev–Trinajstić information content (AvgIpc) is 2.49. The molecule has 24 heavy (non-hydrogen) atoms. The average molecular weight is 336 g/mol. The molecule has 0 aromatic heterocycles. The molecule has 2 amide bonds. The Bertz CT molecular complexity index is 538. The van der Waals surface area contributed by atoms with Crippen molar-refractivity contribution in [3.05, 3.63) is 24.3 Å². The molecule has 0 saturated carbocycles. The summed E-state index contributed by atoms with van der Waals surface area (Å²) in [5.41, 5.74) is -0.0465. The van der Waals surface area contributed by atoms with E-state index in [4.69, 9.17) is 9.47 Å². The van der Waals surface area contributed by atoms with E-state index in [9.17, 15) is 9.59 Å². The second kappa shape index (κ2) is 9.80. The van der Waals surface area contributed by atoms with Crippen LogP contribution in [0.1, 0.15) is 34.1 Å². The Hall–Kier alpha value is -2.24. The van der Waals surface area contributed by atoms with Crippen LogP contribution in [0.5, 0.6) is 11.5 Å². The predicted octanol–water partition coefficient (Wildman–Crippen LogP) is 2.13. The van der Waals surface area contributed by atoms with Crippen molar-refractivity contribution in [3.63, 3.8) is 0 Å². The highest BCUT2D eigenvalue weighted by Crippen LogP contribution is 2.26. The maximum Gasteiger partial charge on any atom is 0.258 e. The molecular formula is C18H28N2O4. The van der Waals surface area contributed by atoms with Crippen LogP contribution >= 0.6 is 0 Å². The van der Waals surface area contributed by atoms with E-state index >= 15 is 0 Å². The van der Waals surface area contributed by atoms with Crippen molar-refractivity contribution in [2.75, 3.05) is 26.3 Å². The largest absolute Gasteiger partial charge is 0.490 e. The number of para-hydroxylation sites is 2. The molecule has 6 heteroatoms. The summed E-state index contributed by atoms with van der Waals surface area (Å²) in [6.07, 6.45) is 0.457. The fourth-order valence-electron chi connectivity index (χ4n) is 1.99. The van der Waals surface area contributed by atoms with Gasteiger partial charge in [0.15, 0.2) is 18.1 Å². The van der Waals surface area contributed by atoms with Gasteiger partial charge >= 0.3 is 0 Å². The number of rotatable bonds is 9. The molecule has 0 bridgehead atoms. The molecule has 0 spiro atoms. The van der Waals surface area contributed by atoms with Gasteiger partial charge in [0.1, 0.15) is 0 Å². The summed E-state index contributed by atoms with van der Waals surface area (Å²) >= 11 is 0. The van der Waals surface area contributed by atoms with Gasteiger partial charge in [-0.15, -0.1) is 0 Å². The summed E-state index contributed by atoms with van der Waals surface area (Å²) in [7, 11) is 0. The first-order chi connectivity index (χ1) is 11.3. The number of benzene rings is 1. The molecule has 1 aromatic rings. The zero-order chi connectivity index (χ0) is 18.0. The molecule has 2 N–H and O–H groups in total. The van der Waals surface area contributed by atoms with Crippen LogP contribution < -0.4 is 20.1 Å². The molecule has 0 radical (unpaired) electrons. The number of amides is 2. The van der Waals surface area contributed by atoms with Crippen LogP contribution in [-0.2, 0) is 9.59 Å². The lowest BCUT2D eigenvalue weighted by Gasteiger charge is -2.17. The van der Waals surface area contributed by atoms with Crippen LogP contribution in [-0.4, -0.2) is 38.1 Å². The Balaban J connectivity index is 2.24. The van der Waals surface area contributed by atoms with Gasteiger partial charge in [-0.2, -0.15) is 0 Å².